The summed E-state index contributed by atoms with van der Waals surface area (Å²) in [4.78, 5) is 18.7. The number of aromatic nitrogens is 2. The molecule has 0 atom stereocenters. The Morgan fingerprint density at radius 2 is 1.86 bits per heavy atom. The van der Waals surface area contributed by atoms with Gasteiger partial charge in [-0.15, -0.1) is 0 Å². The molecule has 150 valence electrons. The van der Waals surface area contributed by atoms with E-state index in [1.54, 1.807) is 25.6 Å². The first-order valence-electron chi connectivity index (χ1n) is 8.61. The van der Waals surface area contributed by atoms with Crippen LogP contribution in [0.3, 0.4) is 0 Å². The molecule has 2 N–H and O–H groups in total. The highest BCUT2D eigenvalue weighted by atomic mass is 31.2. The molecule has 0 saturated carbocycles. The van der Waals surface area contributed by atoms with Gasteiger partial charge in [-0.3, -0.25) is 10.1 Å². The van der Waals surface area contributed by atoms with E-state index in [1.165, 1.54) is 6.07 Å². The third-order valence-corrected chi connectivity index (χ3v) is 5.66. The molecular weight excluding hydrogens is 396 g/mol. The van der Waals surface area contributed by atoms with Gasteiger partial charge in [-0.25, -0.2) is 4.98 Å². The van der Waals surface area contributed by atoms with Gasteiger partial charge in [0.1, 0.15) is 13.0 Å². The minimum absolute atomic E-state index is 0.174. The van der Waals surface area contributed by atoms with Crippen molar-refractivity contribution in [3.05, 3.63) is 70.2 Å². The molecule has 29 heavy (non-hydrogen) atoms. The van der Waals surface area contributed by atoms with Crippen molar-refractivity contribution in [3.8, 4) is 0 Å². The molecule has 0 radical (unpaired) electrons. The Bertz CT molecular complexity index is 1130. The Labute approximate surface area is 166 Å². The predicted octanol–water partition coefficient (Wildman–Crippen LogP) is 4.57. The topological polar surface area (TPSA) is 110 Å². The van der Waals surface area contributed by atoms with Crippen molar-refractivity contribution in [2.45, 2.75) is 6.92 Å². The monoisotopic (exact) mass is 415 g/mol. The summed E-state index contributed by atoms with van der Waals surface area (Å²) in [7, 11) is -2.52. The average molecular weight is 415 g/mol. The normalized spacial score (nSPS) is 11.2. The Kier molecular flexibility index (Phi) is 5.61. The van der Waals surface area contributed by atoms with E-state index in [0.717, 1.165) is 17.7 Å². The maximum absolute atomic E-state index is 13.5. The highest BCUT2D eigenvalue weighted by Gasteiger charge is 2.17. The summed E-state index contributed by atoms with van der Waals surface area (Å²) in [5, 5.41) is 17.6. The Morgan fingerprint density at radius 3 is 2.55 bits per heavy atom. The molecule has 0 amide bonds. The first-order chi connectivity index (χ1) is 13.6. The molecule has 10 heteroatoms. The van der Waals surface area contributed by atoms with Gasteiger partial charge in [0.25, 0.3) is 0 Å². The number of hydrogen-bond donors (Lipinski definition) is 2. The zero-order chi connectivity index (χ0) is 21.2. The molecule has 1 aromatic heterocycles. The molecule has 0 aliphatic heterocycles. The van der Waals surface area contributed by atoms with Crippen LogP contribution in [0.2, 0.25) is 0 Å². The minimum Gasteiger partial charge on any atom is -0.339 e. The highest BCUT2D eigenvalue weighted by molar-refractivity contribution is 7.70. The second-order valence-electron chi connectivity index (χ2n) is 6.77. The highest BCUT2D eigenvalue weighted by Crippen LogP contribution is 2.38. The van der Waals surface area contributed by atoms with Gasteiger partial charge in [-0.2, -0.15) is 9.37 Å². The molecule has 0 aliphatic carbocycles. The maximum atomic E-state index is 13.5. The number of benzene rings is 2. The van der Waals surface area contributed by atoms with Gasteiger partial charge in [0.05, 0.1) is 10.6 Å². The van der Waals surface area contributed by atoms with Gasteiger partial charge < -0.3 is 15.2 Å². The van der Waals surface area contributed by atoms with Crippen molar-refractivity contribution < 1.29 is 13.9 Å². The number of nitro benzene ring substituents is 1. The summed E-state index contributed by atoms with van der Waals surface area (Å²) in [5.41, 5.74) is 1.06. The number of halogens is 1. The van der Waals surface area contributed by atoms with Crippen LogP contribution < -0.4 is 15.9 Å². The van der Waals surface area contributed by atoms with Crippen molar-refractivity contribution in [2.75, 3.05) is 24.0 Å². The first-order valence-corrected chi connectivity index (χ1v) is 11.2. The van der Waals surface area contributed by atoms with Gasteiger partial charge in [0.15, 0.2) is 0 Å². The molecule has 1 heterocycles. The third-order valence-electron chi connectivity index (χ3n) is 4.11. The second-order valence-corrected chi connectivity index (χ2v) is 9.95. The summed E-state index contributed by atoms with van der Waals surface area (Å²) in [5.74, 6) is -0.263. The number of para-hydroxylation sites is 1. The van der Waals surface area contributed by atoms with E-state index in [-0.39, 0.29) is 11.6 Å². The summed E-state index contributed by atoms with van der Waals surface area (Å²) in [6.45, 7) is 5.19. The number of hydrogen-bond acceptors (Lipinski definition) is 7. The fourth-order valence-corrected chi connectivity index (χ4v) is 3.82. The predicted molar refractivity (Wildman–Crippen MR) is 112 cm³/mol. The van der Waals surface area contributed by atoms with Crippen LogP contribution in [0.5, 0.6) is 0 Å². The fourth-order valence-electron chi connectivity index (χ4n) is 2.66. The molecule has 0 saturated heterocycles. The van der Waals surface area contributed by atoms with Crippen LogP contribution in [0.1, 0.15) is 5.56 Å². The van der Waals surface area contributed by atoms with Crippen molar-refractivity contribution in [1.82, 2.24) is 9.97 Å². The number of nitrogens with zero attached hydrogens (tertiary/aromatic N) is 3. The Balaban J connectivity index is 1.91. The fraction of sp³-hybridized carbons (Fsp3) is 0.158. The second kappa shape index (κ2) is 7.97. The SMILES string of the molecule is Cc1cnc(Nc2ccc(F)c([N+](=O)[O-])c2)nc1Nc1ccccc1P(C)(C)=O. The van der Waals surface area contributed by atoms with E-state index in [0.29, 0.717) is 16.8 Å². The summed E-state index contributed by atoms with van der Waals surface area (Å²) >= 11 is 0. The minimum atomic E-state index is -2.52. The van der Waals surface area contributed by atoms with E-state index in [2.05, 4.69) is 20.6 Å². The lowest BCUT2D eigenvalue weighted by atomic mass is 10.2. The quantitative estimate of drug-likeness (QED) is 0.345. The van der Waals surface area contributed by atoms with E-state index < -0.39 is 23.6 Å². The molecule has 2 aromatic carbocycles. The molecule has 0 fully saturated rings. The lowest BCUT2D eigenvalue weighted by Gasteiger charge is -2.16. The molecule has 3 aromatic rings. The lowest BCUT2D eigenvalue weighted by Crippen LogP contribution is -2.11. The molecule has 0 aliphatic rings. The van der Waals surface area contributed by atoms with Crippen LogP contribution in [0.4, 0.5) is 33.2 Å². The van der Waals surface area contributed by atoms with Crippen LogP contribution in [-0.2, 0) is 4.57 Å². The standard InChI is InChI=1S/C19H19FN5O3P/c1-12-11-21-19(22-13-8-9-14(20)16(10-13)25(26)27)24-18(12)23-15-6-4-5-7-17(15)29(2,3)28/h4-11H,1-3H3,(H2,21,22,23,24). The molecule has 0 unspecified atom stereocenters. The molecule has 3 rings (SSSR count). The third kappa shape index (κ3) is 4.75. The van der Waals surface area contributed by atoms with Crippen molar-refractivity contribution >= 4 is 41.3 Å². The van der Waals surface area contributed by atoms with Crippen LogP contribution in [-0.4, -0.2) is 28.2 Å². The summed E-state index contributed by atoms with van der Waals surface area (Å²) in [6, 6.07) is 10.7. The summed E-state index contributed by atoms with van der Waals surface area (Å²) in [6.07, 6.45) is 1.58. The molecule has 8 nitrogen and oxygen atoms in total. The van der Waals surface area contributed by atoms with Crippen LogP contribution in [0.25, 0.3) is 0 Å². The van der Waals surface area contributed by atoms with Gasteiger partial charge in [0.2, 0.25) is 11.8 Å². The van der Waals surface area contributed by atoms with Crippen molar-refractivity contribution in [3.63, 3.8) is 0 Å². The number of anilines is 4. The number of nitro groups is 1. The number of aryl methyl sites for hydroxylation is 1. The smallest absolute Gasteiger partial charge is 0.306 e. The number of nitrogens with one attached hydrogen (secondary N) is 2. The van der Waals surface area contributed by atoms with E-state index in [1.807, 2.05) is 25.1 Å². The van der Waals surface area contributed by atoms with Crippen molar-refractivity contribution in [2.24, 2.45) is 0 Å². The molecule has 0 bridgehead atoms. The van der Waals surface area contributed by atoms with Crippen LogP contribution in [0, 0.1) is 22.9 Å². The van der Waals surface area contributed by atoms with E-state index in [4.69, 9.17) is 0 Å². The lowest BCUT2D eigenvalue weighted by molar-refractivity contribution is -0.387. The van der Waals surface area contributed by atoms with Gasteiger partial charge in [-0.1, -0.05) is 12.1 Å². The largest absolute Gasteiger partial charge is 0.339 e. The van der Waals surface area contributed by atoms with Crippen LogP contribution >= 0.6 is 7.14 Å². The van der Waals surface area contributed by atoms with Crippen LogP contribution in [0.15, 0.2) is 48.7 Å². The van der Waals surface area contributed by atoms with Gasteiger partial charge in [0, 0.05) is 28.8 Å². The molecule has 0 spiro atoms. The number of rotatable bonds is 6. The zero-order valence-electron chi connectivity index (χ0n) is 16.0. The first kappa shape index (κ1) is 20.4. The average Bonchev–Trinajstić information content (AvgIpc) is 2.65. The zero-order valence-corrected chi connectivity index (χ0v) is 16.9. The van der Waals surface area contributed by atoms with E-state index >= 15 is 0 Å². The Hall–Kier alpha value is -3.32. The Morgan fingerprint density at radius 1 is 1.14 bits per heavy atom. The maximum Gasteiger partial charge on any atom is 0.306 e. The summed E-state index contributed by atoms with van der Waals surface area (Å²) < 4.78 is 26.1. The van der Waals surface area contributed by atoms with Gasteiger partial charge >= 0.3 is 5.69 Å². The molecular formula is C19H19FN5O3P. The van der Waals surface area contributed by atoms with E-state index in [9.17, 15) is 19.1 Å². The van der Waals surface area contributed by atoms with Gasteiger partial charge in [-0.05, 0) is 44.5 Å². The van der Waals surface area contributed by atoms with Crippen molar-refractivity contribution in [1.29, 1.82) is 0 Å².